The Bertz CT molecular complexity index is 649. The molecule has 2 unspecified atom stereocenters. The zero-order valence-electron chi connectivity index (χ0n) is 12.6. The highest BCUT2D eigenvalue weighted by atomic mass is 32.2. The van der Waals surface area contributed by atoms with E-state index in [1.807, 2.05) is 6.92 Å². The second-order valence-corrected chi connectivity index (χ2v) is 7.55. The minimum atomic E-state index is -4.87. The largest absolute Gasteiger partial charge is 0.573 e. The lowest BCUT2D eigenvalue weighted by atomic mass is 9.94. The van der Waals surface area contributed by atoms with E-state index in [2.05, 4.69) is 4.74 Å². The van der Waals surface area contributed by atoms with Crippen molar-refractivity contribution in [2.45, 2.75) is 37.1 Å². The van der Waals surface area contributed by atoms with E-state index < -0.39 is 22.1 Å². The van der Waals surface area contributed by atoms with Gasteiger partial charge in [0.15, 0.2) is 0 Å². The van der Waals surface area contributed by atoms with Crippen LogP contribution in [0.5, 0.6) is 5.75 Å². The summed E-state index contributed by atoms with van der Waals surface area (Å²) in [5.41, 5.74) is 5.66. The van der Waals surface area contributed by atoms with E-state index in [0.29, 0.717) is 25.3 Å². The van der Waals surface area contributed by atoms with Crippen molar-refractivity contribution in [3.05, 3.63) is 24.3 Å². The van der Waals surface area contributed by atoms with Crippen LogP contribution >= 0.6 is 0 Å². The van der Waals surface area contributed by atoms with E-state index in [4.69, 9.17) is 5.73 Å². The Hall–Kier alpha value is -1.32. The van der Waals surface area contributed by atoms with Crippen LogP contribution in [0.1, 0.15) is 19.8 Å². The summed E-state index contributed by atoms with van der Waals surface area (Å²) in [6, 6.07) is 4.07. The molecule has 1 aliphatic rings. The Morgan fingerprint density at radius 2 is 2.09 bits per heavy atom. The van der Waals surface area contributed by atoms with Gasteiger partial charge < -0.3 is 10.5 Å². The molecule has 1 aromatic rings. The average molecular weight is 352 g/mol. The van der Waals surface area contributed by atoms with Crippen molar-refractivity contribution in [3.8, 4) is 5.75 Å². The topological polar surface area (TPSA) is 72.6 Å². The summed E-state index contributed by atoms with van der Waals surface area (Å²) in [4.78, 5) is -0.229. The molecule has 0 amide bonds. The highest BCUT2D eigenvalue weighted by Gasteiger charge is 2.36. The van der Waals surface area contributed by atoms with Gasteiger partial charge in [-0.15, -0.1) is 13.2 Å². The summed E-state index contributed by atoms with van der Waals surface area (Å²) in [6.07, 6.45) is -3.55. The van der Waals surface area contributed by atoms with Gasteiger partial charge in [-0.3, -0.25) is 0 Å². The third kappa shape index (κ3) is 4.36. The minimum absolute atomic E-state index is 0.169. The highest BCUT2D eigenvalue weighted by molar-refractivity contribution is 7.89. The van der Waals surface area contributed by atoms with Crippen LogP contribution in [0.4, 0.5) is 13.2 Å². The molecule has 2 atom stereocenters. The standard InChI is InChI=1S/C14H19F3N2O3S/c1-10-5-6-19(11(7-10)9-18)23(20,21)13-4-2-3-12(8-13)22-14(15,16)17/h2-4,8,10-11H,5-7,9,18H2,1H3. The molecule has 0 aromatic heterocycles. The summed E-state index contributed by atoms with van der Waals surface area (Å²) in [6.45, 7) is 2.49. The second-order valence-electron chi connectivity index (χ2n) is 5.66. The van der Waals surface area contributed by atoms with Crippen molar-refractivity contribution in [1.29, 1.82) is 0 Å². The van der Waals surface area contributed by atoms with E-state index in [1.54, 1.807) is 0 Å². The average Bonchev–Trinajstić information content (AvgIpc) is 2.45. The fourth-order valence-electron chi connectivity index (χ4n) is 2.73. The molecule has 130 valence electrons. The number of nitrogens with two attached hydrogens (primary N) is 1. The number of halogens is 3. The Morgan fingerprint density at radius 3 is 2.70 bits per heavy atom. The molecule has 0 aliphatic carbocycles. The van der Waals surface area contributed by atoms with E-state index in [0.717, 1.165) is 12.1 Å². The number of hydrogen-bond acceptors (Lipinski definition) is 4. The van der Waals surface area contributed by atoms with E-state index in [1.165, 1.54) is 16.4 Å². The lowest BCUT2D eigenvalue weighted by Gasteiger charge is -2.36. The van der Waals surface area contributed by atoms with Gasteiger partial charge in [-0.2, -0.15) is 4.31 Å². The van der Waals surface area contributed by atoms with E-state index >= 15 is 0 Å². The molecule has 2 rings (SSSR count). The number of hydrogen-bond donors (Lipinski definition) is 1. The molecule has 0 radical (unpaired) electrons. The van der Waals surface area contributed by atoms with Crippen molar-refractivity contribution in [2.75, 3.05) is 13.1 Å². The maximum absolute atomic E-state index is 12.7. The smallest absolute Gasteiger partial charge is 0.406 e. The summed E-state index contributed by atoms with van der Waals surface area (Å²) in [7, 11) is -3.92. The number of alkyl halides is 3. The maximum Gasteiger partial charge on any atom is 0.573 e. The molecular weight excluding hydrogens is 333 g/mol. The molecule has 1 fully saturated rings. The molecule has 1 aliphatic heterocycles. The molecule has 0 bridgehead atoms. The first-order chi connectivity index (χ1) is 10.6. The molecule has 23 heavy (non-hydrogen) atoms. The van der Waals surface area contributed by atoms with Crippen LogP contribution in [-0.4, -0.2) is 38.2 Å². The lowest BCUT2D eigenvalue weighted by molar-refractivity contribution is -0.274. The van der Waals surface area contributed by atoms with Crippen molar-refractivity contribution in [1.82, 2.24) is 4.31 Å². The quantitative estimate of drug-likeness (QED) is 0.903. The summed E-state index contributed by atoms with van der Waals surface area (Å²) < 4.78 is 67.4. The number of piperidine rings is 1. The molecular formula is C14H19F3N2O3S. The fraction of sp³-hybridized carbons (Fsp3) is 0.571. The predicted molar refractivity (Wildman–Crippen MR) is 78.3 cm³/mol. The van der Waals surface area contributed by atoms with Crippen LogP contribution in [0, 0.1) is 5.92 Å². The van der Waals surface area contributed by atoms with Gasteiger partial charge in [0.05, 0.1) is 4.90 Å². The Kier molecular flexibility index (Phi) is 5.22. The highest BCUT2D eigenvalue weighted by Crippen LogP contribution is 2.30. The summed E-state index contributed by atoms with van der Waals surface area (Å²) >= 11 is 0. The van der Waals surface area contributed by atoms with Gasteiger partial charge in [0.25, 0.3) is 0 Å². The third-order valence-corrected chi connectivity index (χ3v) is 5.79. The van der Waals surface area contributed by atoms with Gasteiger partial charge in [-0.05, 0) is 30.9 Å². The first kappa shape index (κ1) is 18.0. The van der Waals surface area contributed by atoms with Crippen LogP contribution in [0.2, 0.25) is 0 Å². The van der Waals surface area contributed by atoms with Crippen molar-refractivity contribution < 1.29 is 26.3 Å². The first-order valence-electron chi connectivity index (χ1n) is 7.21. The zero-order valence-corrected chi connectivity index (χ0v) is 13.4. The number of sulfonamides is 1. The number of nitrogens with zero attached hydrogens (tertiary/aromatic N) is 1. The summed E-state index contributed by atoms with van der Waals surface area (Å²) in [5.74, 6) is -0.205. The molecule has 2 N–H and O–H groups in total. The Labute approximate surface area is 133 Å². The zero-order chi connectivity index (χ0) is 17.3. The van der Waals surface area contributed by atoms with E-state index in [-0.39, 0.29) is 17.5 Å². The number of rotatable bonds is 4. The van der Waals surface area contributed by atoms with Gasteiger partial charge >= 0.3 is 6.36 Å². The van der Waals surface area contributed by atoms with Gasteiger partial charge in [-0.1, -0.05) is 13.0 Å². The fourth-order valence-corrected chi connectivity index (χ4v) is 4.42. The minimum Gasteiger partial charge on any atom is -0.406 e. The first-order valence-corrected chi connectivity index (χ1v) is 8.65. The molecule has 1 saturated heterocycles. The number of benzene rings is 1. The lowest BCUT2D eigenvalue weighted by Crippen LogP contribution is -2.49. The molecule has 1 heterocycles. The number of ether oxygens (including phenoxy) is 1. The van der Waals surface area contributed by atoms with Crippen molar-refractivity contribution in [3.63, 3.8) is 0 Å². The molecule has 1 aromatic carbocycles. The molecule has 5 nitrogen and oxygen atoms in total. The molecule has 0 spiro atoms. The molecule has 9 heteroatoms. The van der Waals surface area contributed by atoms with Gasteiger partial charge in [-0.25, -0.2) is 8.42 Å². The van der Waals surface area contributed by atoms with Crippen LogP contribution in [0.15, 0.2) is 29.2 Å². The second kappa shape index (κ2) is 6.66. The SMILES string of the molecule is CC1CCN(S(=O)(=O)c2cccc(OC(F)(F)F)c2)C(CN)C1. The van der Waals surface area contributed by atoms with Crippen molar-refractivity contribution in [2.24, 2.45) is 11.7 Å². The van der Waals surface area contributed by atoms with Crippen LogP contribution in [0.25, 0.3) is 0 Å². The molecule has 0 saturated carbocycles. The van der Waals surface area contributed by atoms with Crippen LogP contribution in [0.3, 0.4) is 0 Å². The maximum atomic E-state index is 12.7. The van der Waals surface area contributed by atoms with Gasteiger partial charge in [0, 0.05) is 25.2 Å². The monoisotopic (exact) mass is 352 g/mol. The van der Waals surface area contributed by atoms with Crippen LogP contribution in [-0.2, 0) is 10.0 Å². The van der Waals surface area contributed by atoms with Crippen molar-refractivity contribution >= 4 is 10.0 Å². The summed E-state index contributed by atoms with van der Waals surface area (Å²) in [5, 5.41) is 0. The Balaban J connectivity index is 2.30. The predicted octanol–water partition coefficient (Wildman–Crippen LogP) is 2.33. The van der Waals surface area contributed by atoms with Gasteiger partial charge in [0.1, 0.15) is 5.75 Å². The third-order valence-electron chi connectivity index (χ3n) is 3.84. The normalized spacial score (nSPS) is 23.7. The van der Waals surface area contributed by atoms with E-state index in [9.17, 15) is 21.6 Å². The Morgan fingerprint density at radius 1 is 1.39 bits per heavy atom. The van der Waals surface area contributed by atoms with Gasteiger partial charge in [0.2, 0.25) is 10.0 Å². The van der Waals surface area contributed by atoms with Crippen LogP contribution < -0.4 is 10.5 Å².